The largest absolute Gasteiger partial charge is 0.351 e. The average Bonchev–Trinajstić information content (AvgIpc) is 3.39. The number of nitrogens with zero attached hydrogens (tertiary/aromatic N) is 2. The van der Waals surface area contributed by atoms with Crippen molar-refractivity contribution >= 4 is 27.5 Å². The van der Waals surface area contributed by atoms with Crippen LogP contribution in [0.25, 0.3) is 10.2 Å². The summed E-state index contributed by atoms with van der Waals surface area (Å²) >= 11 is 1.43. The van der Waals surface area contributed by atoms with E-state index in [2.05, 4.69) is 15.3 Å². The minimum atomic E-state index is -0.255. The standard InChI is InChI=1S/C20H20FN3OS/c1-11-16-12(2)23-18(14-6-7-14)24-20(16)26-17(11)19(25)22-9-8-13-4-3-5-15(21)10-13/h3-5,10,14H,6-9H2,1-2H3,(H,22,25). The first-order chi connectivity index (χ1) is 12.5. The molecule has 3 aromatic rings. The van der Waals surface area contributed by atoms with E-state index in [1.54, 1.807) is 6.07 Å². The van der Waals surface area contributed by atoms with Gasteiger partial charge in [-0.3, -0.25) is 4.79 Å². The van der Waals surface area contributed by atoms with Crippen molar-refractivity contribution in [2.24, 2.45) is 0 Å². The summed E-state index contributed by atoms with van der Waals surface area (Å²) in [5.74, 6) is 1.04. The molecule has 0 saturated heterocycles. The summed E-state index contributed by atoms with van der Waals surface area (Å²) in [7, 11) is 0. The van der Waals surface area contributed by atoms with Crippen LogP contribution < -0.4 is 5.32 Å². The topological polar surface area (TPSA) is 54.9 Å². The maximum Gasteiger partial charge on any atom is 0.261 e. The van der Waals surface area contributed by atoms with Crippen LogP contribution in [0.2, 0.25) is 0 Å². The van der Waals surface area contributed by atoms with Crippen LogP contribution in [0.3, 0.4) is 0 Å². The fraction of sp³-hybridized carbons (Fsp3) is 0.350. The molecule has 26 heavy (non-hydrogen) atoms. The first-order valence-corrected chi connectivity index (χ1v) is 9.65. The van der Waals surface area contributed by atoms with Crippen molar-refractivity contribution in [1.29, 1.82) is 0 Å². The fourth-order valence-corrected chi connectivity index (χ4v) is 4.35. The smallest absolute Gasteiger partial charge is 0.261 e. The lowest BCUT2D eigenvalue weighted by Gasteiger charge is -2.05. The van der Waals surface area contributed by atoms with Gasteiger partial charge in [-0.15, -0.1) is 11.3 Å². The van der Waals surface area contributed by atoms with E-state index in [4.69, 9.17) is 0 Å². The highest BCUT2D eigenvalue weighted by Gasteiger charge is 2.28. The first-order valence-electron chi connectivity index (χ1n) is 8.83. The Kier molecular flexibility index (Phi) is 4.44. The second kappa shape index (κ2) is 6.76. The Morgan fingerprint density at radius 1 is 1.31 bits per heavy atom. The van der Waals surface area contributed by atoms with Crippen LogP contribution in [0.5, 0.6) is 0 Å². The molecule has 0 atom stereocenters. The first kappa shape index (κ1) is 17.1. The van der Waals surface area contributed by atoms with E-state index in [0.29, 0.717) is 23.8 Å². The van der Waals surface area contributed by atoms with Crippen molar-refractivity contribution < 1.29 is 9.18 Å². The van der Waals surface area contributed by atoms with Gasteiger partial charge in [-0.1, -0.05) is 12.1 Å². The number of carbonyl (C=O) groups excluding carboxylic acids is 1. The molecule has 1 amide bonds. The van der Waals surface area contributed by atoms with Gasteiger partial charge in [-0.2, -0.15) is 0 Å². The van der Waals surface area contributed by atoms with E-state index >= 15 is 0 Å². The molecule has 1 aromatic carbocycles. The van der Waals surface area contributed by atoms with E-state index in [1.165, 1.54) is 23.5 Å². The lowest BCUT2D eigenvalue weighted by Crippen LogP contribution is -2.25. The molecule has 1 aliphatic rings. The monoisotopic (exact) mass is 369 g/mol. The molecular weight excluding hydrogens is 349 g/mol. The molecule has 4 rings (SSSR count). The van der Waals surface area contributed by atoms with Crippen molar-refractivity contribution in [3.05, 3.63) is 57.6 Å². The molecule has 0 unspecified atom stereocenters. The maximum absolute atomic E-state index is 13.2. The Labute approximate surface area is 155 Å². The zero-order chi connectivity index (χ0) is 18.3. The van der Waals surface area contributed by atoms with Crippen LogP contribution in [-0.4, -0.2) is 22.4 Å². The number of aryl methyl sites for hydroxylation is 2. The quantitative estimate of drug-likeness (QED) is 0.730. The van der Waals surface area contributed by atoms with Gasteiger partial charge in [0.05, 0.1) is 10.6 Å². The third-order valence-electron chi connectivity index (χ3n) is 4.73. The number of rotatable bonds is 5. The second-order valence-electron chi connectivity index (χ2n) is 6.81. The van der Waals surface area contributed by atoms with Gasteiger partial charge in [-0.25, -0.2) is 14.4 Å². The molecule has 0 aliphatic heterocycles. The summed E-state index contributed by atoms with van der Waals surface area (Å²) in [5.41, 5.74) is 2.76. The van der Waals surface area contributed by atoms with E-state index in [1.807, 2.05) is 19.9 Å². The van der Waals surface area contributed by atoms with Crippen molar-refractivity contribution in [3.63, 3.8) is 0 Å². The van der Waals surface area contributed by atoms with E-state index in [9.17, 15) is 9.18 Å². The molecule has 2 heterocycles. The van der Waals surface area contributed by atoms with Crippen LogP contribution in [0.15, 0.2) is 24.3 Å². The molecule has 1 saturated carbocycles. The Bertz CT molecular complexity index is 994. The third-order valence-corrected chi connectivity index (χ3v) is 5.91. The number of hydrogen-bond acceptors (Lipinski definition) is 4. The number of benzene rings is 1. The van der Waals surface area contributed by atoms with Crippen LogP contribution in [-0.2, 0) is 6.42 Å². The van der Waals surface area contributed by atoms with Gasteiger partial charge in [0.25, 0.3) is 5.91 Å². The minimum absolute atomic E-state index is 0.103. The van der Waals surface area contributed by atoms with Crippen molar-refractivity contribution in [1.82, 2.24) is 15.3 Å². The van der Waals surface area contributed by atoms with Crippen molar-refractivity contribution in [2.45, 2.75) is 39.0 Å². The summed E-state index contributed by atoms with van der Waals surface area (Å²) in [5, 5.41) is 3.93. The second-order valence-corrected chi connectivity index (χ2v) is 7.81. The molecule has 0 radical (unpaired) electrons. The normalized spacial score (nSPS) is 14.0. The van der Waals surface area contributed by atoms with E-state index < -0.39 is 0 Å². The lowest BCUT2D eigenvalue weighted by molar-refractivity contribution is 0.0957. The molecule has 6 heteroatoms. The fourth-order valence-electron chi connectivity index (χ4n) is 3.19. The minimum Gasteiger partial charge on any atom is -0.351 e. The molecule has 4 nitrogen and oxygen atoms in total. The Balaban J connectivity index is 1.51. The summed E-state index contributed by atoms with van der Waals surface area (Å²) in [4.78, 5) is 23.5. The Hall–Kier alpha value is -2.34. The summed E-state index contributed by atoms with van der Waals surface area (Å²) in [6.07, 6.45) is 2.91. The average molecular weight is 369 g/mol. The van der Waals surface area contributed by atoms with E-state index in [0.717, 1.165) is 45.7 Å². The zero-order valence-electron chi connectivity index (χ0n) is 14.8. The highest BCUT2D eigenvalue weighted by molar-refractivity contribution is 7.20. The molecule has 1 fully saturated rings. The zero-order valence-corrected chi connectivity index (χ0v) is 15.6. The SMILES string of the molecule is Cc1nc(C2CC2)nc2sc(C(=O)NCCc3cccc(F)c3)c(C)c12. The molecule has 2 aromatic heterocycles. The van der Waals surface area contributed by atoms with Crippen LogP contribution in [0, 0.1) is 19.7 Å². The predicted octanol–water partition coefficient (Wildman–Crippen LogP) is 4.30. The molecule has 1 N–H and O–H groups in total. The number of amides is 1. The highest BCUT2D eigenvalue weighted by Crippen LogP contribution is 2.40. The number of carbonyl (C=O) groups is 1. The number of fused-ring (bicyclic) bond motifs is 1. The van der Waals surface area contributed by atoms with E-state index in [-0.39, 0.29) is 11.7 Å². The Morgan fingerprint density at radius 3 is 2.85 bits per heavy atom. The highest BCUT2D eigenvalue weighted by atomic mass is 32.1. The number of thiophene rings is 1. The predicted molar refractivity (Wildman–Crippen MR) is 101 cm³/mol. The summed E-state index contributed by atoms with van der Waals surface area (Å²) in [6, 6.07) is 6.46. The van der Waals surface area contributed by atoms with Gasteiger partial charge in [0.1, 0.15) is 16.5 Å². The van der Waals surface area contributed by atoms with Gasteiger partial charge in [0.2, 0.25) is 0 Å². The van der Waals surface area contributed by atoms with Crippen molar-refractivity contribution in [2.75, 3.05) is 6.54 Å². The van der Waals surface area contributed by atoms with Gasteiger partial charge in [-0.05, 0) is 56.4 Å². The maximum atomic E-state index is 13.2. The van der Waals surface area contributed by atoms with Crippen LogP contribution >= 0.6 is 11.3 Å². The molecular formula is C20H20FN3OS. The molecule has 134 valence electrons. The molecule has 0 spiro atoms. The number of aromatic nitrogens is 2. The van der Waals surface area contributed by atoms with Crippen molar-refractivity contribution in [3.8, 4) is 0 Å². The van der Waals surface area contributed by atoms with Gasteiger partial charge >= 0.3 is 0 Å². The van der Waals surface area contributed by atoms with Gasteiger partial charge in [0.15, 0.2) is 0 Å². The number of nitrogens with one attached hydrogen (secondary N) is 1. The third kappa shape index (κ3) is 3.33. The van der Waals surface area contributed by atoms with Gasteiger partial charge in [0, 0.05) is 17.8 Å². The molecule has 0 bridgehead atoms. The summed E-state index contributed by atoms with van der Waals surface area (Å²) < 4.78 is 13.2. The van der Waals surface area contributed by atoms with Crippen LogP contribution in [0.1, 0.15) is 51.1 Å². The molecule has 1 aliphatic carbocycles. The lowest BCUT2D eigenvalue weighted by atomic mass is 10.1. The number of halogens is 1. The summed E-state index contributed by atoms with van der Waals surface area (Å²) in [6.45, 7) is 4.41. The van der Waals surface area contributed by atoms with Gasteiger partial charge < -0.3 is 5.32 Å². The van der Waals surface area contributed by atoms with Crippen LogP contribution in [0.4, 0.5) is 4.39 Å². The number of hydrogen-bond donors (Lipinski definition) is 1. The Morgan fingerprint density at radius 2 is 2.12 bits per heavy atom.